The Kier molecular flexibility index (Phi) is 5.66. The second-order valence-corrected chi connectivity index (χ2v) is 4.35. The Morgan fingerprint density at radius 3 is 2.53 bits per heavy atom. The molecule has 1 aromatic rings. The van der Waals surface area contributed by atoms with Crippen LogP contribution in [0.15, 0.2) is 18.2 Å². The highest BCUT2D eigenvalue weighted by molar-refractivity contribution is 6.68. The van der Waals surface area contributed by atoms with Crippen molar-refractivity contribution >= 4 is 16.8 Å². The van der Waals surface area contributed by atoms with Crippen LogP contribution in [0.4, 0.5) is 13.2 Å². The molecule has 19 heavy (non-hydrogen) atoms. The minimum absolute atomic E-state index is 0.123. The smallest absolute Gasteiger partial charge is 0.419 e. The van der Waals surface area contributed by atoms with E-state index in [1.807, 2.05) is 6.92 Å². The second kappa shape index (κ2) is 6.80. The van der Waals surface area contributed by atoms with Crippen LogP contribution in [0.2, 0.25) is 0 Å². The van der Waals surface area contributed by atoms with Crippen LogP contribution in [0.1, 0.15) is 42.1 Å². The Morgan fingerprint density at radius 2 is 2.00 bits per heavy atom. The predicted molar refractivity (Wildman–Crippen MR) is 66.6 cm³/mol. The number of halogens is 4. The Labute approximate surface area is 114 Å². The fourth-order valence-corrected chi connectivity index (χ4v) is 1.75. The molecule has 0 N–H and O–H groups in total. The van der Waals surface area contributed by atoms with E-state index in [-0.39, 0.29) is 12.2 Å². The zero-order valence-electron chi connectivity index (χ0n) is 10.4. The zero-order chi connectivity index (χ0) is 14.5. The SMILES string of the molecule is CCCCCOc1c(C(=O)Cl)cccc1C(F)(F)F. The van der Waals surface area contributed by atoms with Gasteiger partial charge in [0.2, 0.25) is 0 Å². The molecular formula is C13H14ClF3O2. The Hall–Kier alpha value is -1.23. The van der Waals surface area contributed by atoms with Gasteiger partial charge in [0, 0.05) is 0 Å². The lowest BCUT2D eigenvalue weighted by Crippen LogP contribution is -2.12. The first-order chi connectivity index (χ1) is 8.88. The molecule has 0 saturated heterocycles. The number of rotatable bonds is 6. The van der Waals surface area contributed by atoms with Crippen LogP contribution in [0.5, 0.6) is 5.75 Å². The molecule has 0 bridgehead atoms. The fraction of sp³-hybridized carbons (Fsp3) is 0.462. The van der Waals surface area contributed by atoms with Gasteiger partial charge in [0.1, 0.15) is 5.75 Å². The largest absolute Gasteiger partial charge is 0.492 e. The molecule has 0 atom stereocenters. The summed E-state index contributed by atoms with van der Waals surface area (Å²) < 4.78 is 43.6. The van der Waals surface area contributed by atoms with Crippen molar-refractivity contribution in [2.75, 3.05) is 6.61 Å². The lowest BCUT2D eigenvalue weighted by Gasteiger charge is -2.16. The first-order valence-corrected chi connectivity index (χ1v) is 6.28. The van der Waals surface area contributed by atoms with Gasteiger partial charge in [0.05, 0.1) is 17.7 Å². The summed E-state index contributed by atoms with van der Waals surface area (Å²) in [6, 6.07) is 3.23. The summed E-state index contributed by atoms with van der Waals surface area (Å²) in [5, 5.41) is -0.961. The highest BCUT2D eigenvalue weighted by Crippen LogP contribution is 2.38. The van der Waals surface area contributed by atoms with E-state index in [2.05, 4.69) is 0 Å². The minimum atomic E-state index is -4.58. The van der Waals surface area contributed by atoms with Gasteiger partial charge in [0.25, 0.3) is 5.24 Å². The maximum Gasteiger partial charge on any atom is 0.419 e. The minimum Gasteiger partial charge on any atom is -0.492 e. The number of carbonyl (C=O) groups is 1. The van der Waals surface area contributed by atoms with Crippen molar-refractivity contribution in [2.45, 2.75) is 32.4 Å². The topological polar surface area (TPSA) is 26.3 Å². The van der Waals surface area contributed by atoms with Crippen molar-refractivity contribution in [1.82, 2.24) is 0 Å². The van der Waals surface area contributed by atoms with Crippen molar-refractivity contribution in [1.29, 1.82) is 0 Å². The molecule has 1 rings (SSSR count). The lowest BCUT2D eigenvalue weighted by atomic mass is 10.1. The molecule has 106 valence electrons. The number of benzene rings is 1. The summed E-state index contributed by atoms with van der Waals surface area (Å²) in [6.07, 6.45) is -2.19. The number of para-hydroxylation sites is 1. The molecule has 0 aromatic heterocycles. The first-order valence-electron chi connectivity index (χ1n) is 5.90. The van der Waals surface area contributed by atoms with Crippen LogP contribution < -0.4 is 4.74 Å². The molecule has 2 nitrogen and oxygen atoms in total. The van der Waals surface area contributed by atoms with E-state index in [1.54, 1.807) is 0 Å². The summed E-state index contributed by atoms with van der Waals surface area (Å²) in [5.74, 6) is -0.480. The fourth-order valence-electron chi connectivity index (χ4n) is 1.60. The van der Waals surface area contributed by atoms with Gasteiger partial charge in [-0.25, -0.2) is 0 Å². The molecule has 0 spiro atoms. The average Bonchev–Trinajstić information content (AvgIpc) is 2.33. The Balaban J connectivity index is 3.04. The number of ether oxygens (including phenoxy) is 1. The highest BCUT2D eigenvalue weighted by atomic mass is 35.5. The number of unbranched alkanes of at least 4 members (excludes halogenated alkanes) is 2. The molecule has 1 aromatic carbocycles. The molecule has 6 heteroatoms. The first kappa shape index (κ1) is 15.8. The lowest BCUT2D eigenvalue weighted by molar-refractivity contribution is -0.139. The maximum atomic E-state index is 12.8. The molecule has 0 aliphatic rings. The molecule has 0 saturated carbocycles. The van der Waals surface area contributed by atoms with E-state index in [9.17, 15) is 18.0 Å². The zero-order valence-corrected chi connectivity index (χ0v) is 11.1. The molecule has 0 unspecified atom stereocenters. The van der Waals surface area contributed by atoms with Crippen LogP contribution in [0, 0.1) is 0 Å². The van der Waals surface area contributed by atoms with Gasteiger partial charge in [-0.2, -0.15) is 13.2 Å². The summed E-state index contributed by atoms with van der Waals surface area (Å²) in [6.45, 7) is 2.09. The number of alkyl halides is 3. The summed E-state index contributed by atoms with van der Waals surface area (Å²) in [5.41, 5.74) is -1.23. The van der Waals surface area contributed by atoms with E-state index in [0.29, 0.717) is 6.42 Å². The number of hydrogen-bond acceptors (Lipinski definition) is 2. The van der Waals surface area contributed by atoms with E-state index < -0.39 is 22.7 Å². The number of hydrogen-bond donors (Lipinski definition) is 0. The van der Waals surface area contributed by atoms with Crippen LogP contribution in [0.3, 0.4) is 0 Å². The van der Waals surface area contributed by atoms with E-state index >= 15 is 0 Å². The molecule has 0 aliphatic heterocycles. The van der Waals surface area contributed by atoms with E-state index in [1.165, 1.54) is 6.07 Å². The highest BCUT2D eigenvalue weighted by Gasteiger charge is 2.36. The summed E-state index contributed by atoms with van der Waals surface area (Å²) in [7, 11) is 0. The molecule has 0 amide bonds. The molecule has 0 fully saturated rings. The molecule has 0 heterocycles. The van der Waals surface area contributed by atoms with Gasteiger partial charge < -0.3 is 4.74 Å². The van der Waals surface area contributed by atoms with Crippen LogP contribution in [-0.4, -0.2) is 11.8 Å². The summed E-state index contributed by atoms with van der Waals surface area (Å²) in [4.78, 5) is 11.2. The molecule has 0 aliphatic carbocycles. The molecule has 0 radical (unpaired) electrons. The standard InChI is InChI=1S/C13H14ClF3O2/c1-2-3-4-8-19-11-9(12(14)18)6-5-7-10(11)13(15,16)17/h5-7H,2-4,8H2,1H3. The van der Waals surface area contributed by atoms with Crippen LogP contribution >= 0.6 is 11.6 Å². The van der Waals surface area contributed by atoms with Gasteiger partial charge in [-0.05, 0) is 30.2 Å². The van der Waals surface area contributed by atoms with Gasteiger partial charge in [-0.15, -0.1) is 0 Å². The van der Waals surface area contributed by atoms with Gasteiger partial charge in [0.15, 0.2) is 0 Å². The second-order valence-electron chi connectivity index (χ2n) is 4.01. The monoisotopic (exact) mass is 294 g/mol. The predicted octanol–water partition coefficient (Wildman–Crippen LogP) is 4.65. The quantitative estimate of drug-likeness (QED) is 0.564. The third-order valence-electron chi connectivity index (χ3n) is 2.53. The van der Waals surface area contributed by atoms with E-state index in [4.69, 9.17) is 16.3 Å². The third-order valence-corrected chi connectivity index (χ3v) is 2.73. The Morgan fingerprint density at radius 1 is 1.32 bits per heavy atom. The van der Waals surface area contributed by atoms with Gasteiger partial charge in [-0.3, -0.25) is 4.79 Å². The van der Waals surface area contributed by atoms with Crippen molar-refractivity contribution in [3.05, 3.63) is 29.3 Å². The van der Waals surface area contributed by atoms with E-state index in [0.717, 1.165) is 25.0 Å². The molecular weight excluding hydrogens is 281 g/mol. The van der Waals surface area contributed by atoms with Crippen LogP contribution in [-0.2, 0) is 6.18 Å². The number of carbonyl (C=O) groups excluding carboxylic acids is 1. The van der Waals surface area contributed by atoms with Crippen molar-refractivity contribution in [3.8, 4) is 5.75 Å². The van der Waals surface area contributed by atoms with Crippen molar-refractivity contribution in [3.63, 3.8) is 0 Å². The third kappa shape index (κ3) is 4.42. The van der Waals surface area contributed by atoms with Gasteiger partial charge in [-0.1, -0.05) is 25.8 Å². The van der Waals surface area contributed by atoms with Crippen molar-refractivity contribution < 1.29 is 22.7 Å². The van der Waals surface area contributed by atoms with Crippen LogP contribution in [0.25, 0.3) is 0 Å². The Bertz CT molecular complexity index is 444. The maximum absolute atomic E-state index is 12.8. The average molecular weight is 295 g/mol. The normalized spacial score (nSPS) is 11.4. The summed E-state index contributed by atoms with van der Waals surface area (Å²) >= 11 is 5.28. The van der Waals surface area contributed by atoms with Crippen molar-refractivity contribution in [2.24, 2.45) is 0 Å². The van der Waals surface area contributed by atoms with Gasteiger partial charge >= 0.3 is 6.18 Å².